The summed E-state index contributed by atoms with van der Waals surface area (Å²) in [5.41, 5.74) is 1.81. The van der Waals surface area contributed by atoms with Gasteiger partial charge in [0, 0.05) is 43.6 Å². The zero-order valence-electron chi connectivity index (χ0n) is 13.9. The molecular weight excluding hydrogens is 305 g/mol. The fourth-order valence-electron chi connectivity index (χ4n) is 4.26. The molecule has 126 valence electrons. The van der Waals surface area contributed by atoms with Crippen molar-refractivity contribution in [1.29, 1.82) is 0 Å². The largest absolute Gasteiger partial charge is 0.492 e. The van der Waals surface area contributed by atoms with E-state index in [-0.39, 0.29) is 17.2 Å². The zero-order chi connectivity index (χ0) is 16.6. The van der Waals surface area contributed by atoms with Crippen LogP contribution in [0.5, 0.6) is 5.75 Å². The zero-order valence-corrected chi connectivity index (χ0v) is 13.9. The van der Waals surface area contributed by atoms with Crippen molar-refractivity contribution in [2.45, 2.75) is 12.5 Å². The summed E-state index contributed by atoms with van der Waals surface area (Å²) in [5, 5.41) is 0. The SMILES string of the molecule is COC[C@@]12COc3cccc(F)c3[C@H]1CN(Cc1ccccc1)C2. The van der Waals surface area contributed by atoms with Gasteiger partial charge in [-0.2, -0.15) is 0 Å². The molecule has 24 heavy (non-hydrogen) atoms. The third kappa shape index (κ3) is 2.60. The van der Waals surface area contributed by atoms with Gasteiger partial charge in [-0.05, 0) is 17.7 Å². The maximum atomic E-state index is 14.5. The maximum Gasteiger partial charge on any atom is 0.130 e. The molecular formula is C20H22FNO2. The molecule has 2 heterocycles. The van der Waals surface area contributed by atoms with E-state index in [0.29, 0.717) is 19.0 Å². The second kappa shape index (κ2) is 6.19. The van der Waals surface area contributed by atoms with Crippen molar-refractivity contribution in [2.75, 3.05) is 33.4 Å². The molecule has 4 heteroatoms. The summed E-state index contributed by atoms with van der Waals surface area (Å²) in [7, 11) is 1.71. The van der Waals surface area contributed by atoms with Crippen molar-refractivity contribution in [1.82, 2.24) is 4.90 Å². The molecule has 2 aromatic carbocycles. The number of fused-ring (bicyclic) bond motifs is 3. The first kappa shape index (κ1) is 15.6. The van der Waals surface area contributed by atoms with E-state index in [0.717, 1.165) is 25.2 Å². The summed E-state index contributed by atoms with van der Waals surface area (Å²) in [5.74, 6) is 0.624. The first-order valence-corrected chi connectivity index (χ1v) is 8.38. The van der Waals surface area contributed by atoms with Crippen LogP contribution in [-0.2, 0) is 11.3 Å². The second-order valence-electron chi connectivity index (χ2n) is 6.94. The normalized spacial score (nSPS) is 25.8. The van der Waals surface area contributed by atoms with Crippen LogP contribution < -0.4 is 4.74 Å². The highest BCUT2D eigenvalue weighted by molar-refractivity contribution is 5.42. The number of ether oxygens (including phenoxy) is 2. The molecule has 0 unspecified atom stereocenters. The lowest BCUT2D eigenvalue weighted by Crippen LogP contribution is -2.43. The summed E-state index contributed by atoms with van der Waals surface area (Å²) < 4.78 is 26.0. The van der Waals surface area contributed by atoms with Gasteiger partial charge in [-0.3, -0.25) is 4.90 Å². The highest BCUT2D eigenvalue weighted by Crippen LogP contribution is 2.50. The van der Waals surface area contributed by atoms with Crippen LogP contribution in [0.3, 0.4) is 0 Å². The van der Waals surface area contributed by atoms with Crippen molar-refractivity contribution in [2.24, 2.45) is 5.41 Å². The number of hydrogen-bond acceptors (Lipinski definition) is 3. The Morgan fingerprint density at radius 2 is 2.04 bits per heavy atom. The van der Waals surface area contributed by atoms with Gasteiger partial charge >= 0.3 is 0 Å². The Kier molecular flexibility index (Phi) is 4.02. The fraction of sp³-hybridized carbons (Fsp3) is 0.400. The molecule has 2 aliphatic rings. The highest BCUT2D eigenvalue weighted by Gasteiger charge is 2.52. The fourth-order valence-corrected chi connectivity index (χ4v) is 4.26. The average molecular weight is 327 g/mol. The van der Waals surface area contributed by atoms with Crippen molar-refractivity contribution in [3.05, 3.63) is 65.5 Å². The van der Waals surface area contributed by atoms with Gasteiger partial charge in [0.05, 0.1) is 13.2 Å². The van der Waals surface area contributed by atoms with Gasteiger partial charge in [0.2, 0.25) is 0 Å². The molecule has 0 radical (unpaired) electrons. The summed E-state index contributed by atoms with van der Waals surface area (Å²) in [6.45, 7) is 3.71. The van der Waals surface area contributed by atoms with Crippen LogP contribution in [0.1, 0.15) is 17.0 Å². The summed E-state index contributed by atoms with van der Waals surface area (Å²) in [6.07, 6.45) is 0. The Bertz CT molecular complexity index is 721. The number of halogens is 1. The highest BCUT2D eigenvalue weighted by atomic mass is 19.1. The quantitative estimate of drug-likeness (QED) is 0.858. The molecule has 0 saturated carbocycles. The number of methoxy groups -OCH3 is 1. The van der Waals surface area contributed by atoms with Crippen LogP contribution in [0.25, 0.3) is 0 Å². The molecule has 3 nitrogen and oxygen atoms in total. The van der Waals surface area contributed by atoms with Crippen LogP contribution in [0, 0.1) is 11.2 Å². The molecule has 0 spiro atoms. The summed E-state index contributed by atoms with van der Waals surface area (Å²) in [4.78, 5) is 2.39. The van der Waals surface area contributed by atoms with Gasteiger partial charge in [-0.25, -0.2) is 4.39 Å². The number of rotatable bonds is 4. The lowest BCUT2D eigenvalue weighted by Gasteiger charge is -2.39. The minimum atomic E-state index is -0.182. The number of benzene rings is 2. The van der Waals surface area contributed by atoms with Crippen LogP contribution in [0.4, 0.5) is 4.39 Å². The Morgan fingerprint density at radius 1 is 1.21 bits per heavy atom. The third-order valence-corrected chi connectivity index (χ3v) is 5.28. The van der Waals surface area contributed by atoms with E-state index >= 15 is 0 Å². The lowest BCUT2D eigenvalue weighted by atomic mass is 9.73. The minimum absolute atomic E-state index is 0.103. The Balaban J connectivity index is 1.66. The van der Waals surface area contributed by atoms with E-state index in [9.17, 15) is 4.39 Å². The molecule has 0 N–H and O–H groups in total. The number of nitrogens with zero attached hydrogens (tertiary/aromatic N) is 1. The minimum Gasteiger partial charge on any atom is -0.492 e. The third-order valence-electron chi connectivity index (χ3n) is 5.28. The molecule has 0 amide bonds. The predicted molar refractivity (Wildman–Crippen MR) is 90.7 cm³/mol. The van der Waals surface area contributed by atoms with E-state index in [1.165, 1.54) is 11.6 Å². The average Bonchev–Trinajstić information content (AvgIpc) is 2.94. The van der Waals surface area contributed by atoms with Gasteiger partial charge < -0.3 is 9.47 Å². The van der Waals surface area contributed by atoms with E-state index in [2.05, 4.69) is 29.2 Å². The van der Waals surface area contributed by atoms with Gasteiger partial charge in [-0.15, -0.1) is 0 Å². The van der Waals surface area contributed by atoms with Gasteiger partial charge in [0.15, 0.2) is 0 Å². The number of likely N-dealkylation sites (tertiary alicyclic amines) is 1. The van der Waals surface area contributed by atoms with Crippen molar-refractivity contribution < 1.29 is 13.9 Å². The monoisotopic (exact) mass is 327 g/mol. The molecule has 1 fully saturated rings. The Labute approximate surface area is 142 Å². The molecule has 0 bridgehead atoms. The molecule has 1 saturated heterocycles. The second-order valence-corrected chi connectivity index (χ2v) is 6.94. The van der Waals surface area contributed by atoms with Gasteiger partial charge in [0.1, 0.15) is 11.6 Å². The van der Waals surface area contributed by atoms with Crippen molar-refractivity contribution >= 4 is 0 Å². The molecule has 0 aliphatic carbocycles. The molecule has 2 atom stereocenters. The van der Waals surface area contributed by atoms with Crippen LogP contribution in [-0.4, -0.2) is 38.3 Å². The van der Waals surface area contributed by atoms with Crippen LogP contribution in [0.15, 0.2) is 48.5 Å². The first-order chi connectivity index (χ1) is 11.7. The van der Waals surface area contributed by atoms with Crippen molar-refractivity contribution in [3.8, 4) is 5.75 Å². The Morgan fingerprint density at radius 3 is 2.83 bits per heavy atom. The van der Waals surface area contributed by atoms with E-state index in [1.807, 2.05) is 12.1 Å². The predicted octanol–water partition coefficient (Wildman–Crippen LogP) is 3.45. The topological polar surface area (TPSA) is 21.7 Å². The van der Waals surface area contributed by atoms with Crippen LogP contribution >= 0.6 is 0 Å². The first-order valence-electron chi connectivity index (χ1n) is 8.38. The molecule has 2 aliphatic heterocycles. The molecule has 4 rings (SSSR count). The standard InChI is InChI=1S/C20H22FNO2/c1-23-13-20-12-22(10-15-6-3-2-4-7-15)11-16(20)19-17(21)8-5-9-18(19)24-14-20/h2-9,16H,10-14H2,1H3/t16-,20+/m1/s1. The summed E-state index contributed by atoms with van der Waals surface area (Å²) >= 11 is 0. The summed E-state index contributed by atoms with van der Waals surface area (Å²) in [6, 6.07) is 15.5. The van der Waals surface area contributed by atoms with Crippen LogP contribution in [0.2, 0.25) is 0 Å². The maximum absolute atomic E-state index is 14.5. The van der Waals surface area contributed by atoms with Gasteiger partial charge in [-0.1, -0.05) is 36.4 Å². The molecule has 2 aromatic rings. The van der Waals surface area contributed by atoms with E-state index in [4.69, 9.17) is 9.47 Å². The lowest BCUT2D eigenvalue weighted by molar-refractivity contribution is 0.0210. The van der Waals surface area contributed by atoms with Crippen molar-refractivity contribution in [3.63, 3.8) is 0 Å². The number of hydrogen-bond donors (Lipinski definition) is 0. The van der Waals surface area contributed by atoms with E-state index < -0.39 is 0 Å². The Hall–Kier alpha value is -1.91. The smallest absolute Gasteiger partial charge is 0.130 e. The van der Waals surface area contributed by atoms with E-state index in [1.54, 1.807) is 13.2 Å². The van der Waals surface area contributed by atoms with Gasteiger partial charge in [0.25, 0.3) is 0 Å². The molecule has 0 aromatic heterocycles.